The topological polar surface area (TPSA) is 65.9 Å². The predicted octanol–water partition coefficient (Wildman–Crippen LogP) is 2.62. The second-order valence-electron chi connectivity index (χ2n) is 5.46. The first-order valence-electron chi connectivity index (χ1n) is 8.21. The Bertz CT molecular complexity index is 689. The first kappa shape index (κ1) is 18.7. The van der Waals surface area contributed by atoms with Gasteiger partial charge in [-0.15, -0.1) is 0 Å². The van der Waals surface area contributed by atoms with Crippen LogP contribution in [0.4, 0.5) is 4.39 Å². The summed E-state index contributed by atoms with van der Waals surface area (Å²) >= 11 is 0. The van der Waals surface area contributed by atoms with Crippen molar-refractivity contribution in [3.8, 4) is 5.75 Å². The Morgan fingerprint density at radius 2 is 1.88 bits per heavy atom. The van der Waals surface area contributed by atoms with Crippen LogP contribution in [0.25, 0.3) is 0 Å². The van der Waals surface area contributed by atoms with Crippen LogP contribution in [0.5, 0.6) is 5.75 Å². The number of hydrogen-bond acceptors (Lipinski definition) is 3. The standard InChI is InChI=1S/C19H24FN3O2/c1-3-21-19(22-12-15-6-4-5-7-18(15)25-2)23-13-17(24)14-8-10-16(20)11-9-14/h4-11,17,24H,3,12-13H2,1-2H3,(H2,21,22,23). The number of benzene rings is 2. The second-order valence-corrected chi connectivity index (χ2v) is 5.46. The monoisotopic (exact) mass is 345 g/mol. The van der Waals surface area contributed by atoms with E-state index in [2.05, 4.69) is 15.6 Å². The van der Waals surface area contributed by atoms with Crippen LogP contribution in [-0.4, -0.2) is 31.3 Å². The highest BCUT2D eigenvalue weighted by Crippen LogP contribution is 2.18. The summed E-state index contributed by atoms with van der Waals surface area (Å²) < 4.78 is 18.3. The molecule has 1 atom stereocenters. The summed E-state index contributed by atoms with van der Waals surface area (Å²) in [6.45, 7) is 3.39. The average Bonchev–Trinajstić information content (AvgIpc) is 2.64. The molecule has 0 aliphatic carbocycles. The SMILES string of the molecule is CCNC(=NCc1ccccc1OC)NCC(O)c1ccc(F)cc1. The van der Waals surface area contributed by atoms with E-state index in [1.165, 1.54) is 12.1 Å². The molecule has 134 valence electrons. The fraction of sp³-hybridized carbons (Fsp3) is 0.316. The second kappa shape index (κ2) is 9.64. The maximum absolute atomic E-state index is 13.0. The van der Waals surface area contributed by atoms with E-state index in [1.54, 1.807) is 19.2 Å². The van der Waals surface area contributed by atoms with Crippen molar-refractivity contribution in [2.24, 2.45) is 4.99 Å². The van der Waals surface area contributed by atoms with Gasteiger partial charge < -0.3 is 20.5 Å². The van der Waals surface area contributed by atoms with Gasteiger partial charge in [0.2, 0.25) is 0 Å². The Kier molecular flexibility index (Phi) is 7.22. The fourth-order valence-electron chi connectivity index (χ4n) is 2.34. The Morgan fingerprint density at radius 3 is 2.56 bits per heavy atom. The van der Waals surface area contributed by atoms with Gasteiger partial charge in [0.25, 0.3) is 0 Å². The van der Waals surface area contributed by atoms with Gasteiger partial charge in [-0.2, -0.15) is 0 Å². The molecule has 2 rings (SSSR count). The number of guanidine groups is 1. The molecular formula is C19H24FN3O2. The van der Waals surface area contributed by atoms with Gasteiger partial charge in [0.15, 0.2) is 5.96 Å². The summed E-state index contributed by atoms with van der Waals surface area (Å²) in [5.74, 6) is 1.05. The zero-order valence-corrected chi connectivity index (χ0v) is 14.5. The molecule has 0 aromatic heterocycles. The van der Waals surface area contributed by atoms with Gasteiger partial charge in [-0.3, -0.25) is 0 Å². The molecule has 3 N–H and O–H groups in total. The summed E-state index contributed by atoms with van der Waals surface area (Å²) in [4.78, 5) is 4.52. The first-order chi connectivity index (χ1) is 12.1. The van der Waals surface area contributed by atoms with Crippen LogP contribution in [-0.2, 0) is 6.54 Å². The van der Waals surface area contributed by atoms with Crippen LogP contribution in [0.2, 0.25) is 0 Å². The summed E-state index contributed by atoms with van der Waals surface area (Å²) in [5, 5.41) is 16.4. The van der Waals surface area contributed by atoms with Crippen molar-refractivity contribution in [3.63, 3.8) is 0 Å². The molecule has 0 amide bonds. The largest absolute Gasteiger partial charge is 0.496 e. The van der Waals surface area contributed by atoms with Gasteiger partial charge >= 0.3 is 0 Å². The van der Waals surface area contributed by atoms with Crippen molar-refractivity contribution in [1.82, 2.24) is 10.6 Å². The molecule has 2 aromatic rings. The van der Waals surface area contributed by atoms with Crippen molar-refractivity contribution >= 4 is 5.96 Å². The molecule has 0 bridgehead atoms. The first-order valence-corrected chi connectivity index (χ1v) is 8.21. The lowest BCUT2D eigenvalue weighted by atomic mass is 10.1. The zero-order chi connectivity index (χ0) is 18.1. The molecule has 0 aliphatic rings. The molecule has 0 heterocycles. The minimum Gasteiger partial charge on any atom is -0.496 e. The molecule has 0 radical (unpaired) electrons. The quantitative estimate of drug-likeness (QED) is 0.533. The highest BCUT2D eigenvalue weighted by atomic mass is 19.1. The van der Waals surface area contributed by atoms with Gasteiger partial charge in [0.1, 0.15) is 11.6 Å². The Hall–Kier alpha value is -2.60. The average molecular weight is 345 g/mol. The van der Waals surface area contributed by atoms with Crippen molar-refractivity contribution in [1.29, 1.82) is 0 Å². The maximum Gasteiger partial charge on any atom is 0.191 e. The minimum atomic E-state index is -0.754. The van der Waals surface area contributed by atoms with Gasteiger partial charge in [-0.25, -0.2) is 9.38 Å². The number of rotatable bonds is 7. The van der Waals surface area contributed by atoms with Crippen LogP contribution in [0.1, 0.15) is 24.2 Å². The van der Waals surface area contributed by atoms with E-state index in [0.29, 0.717) is 24.6 Å². The van der Waals surface area contributed by atoms with E-state index < -0.39 is 6.10 Å². The highest BCUT2D eigenvalue weighted by Gasteiger charge is 2.09. The lowest BCUT2D eigenvalue weighted by Gasteiger charge is -2.16. The number of aliphatic hydroxyl groups is 1. The van der Waals surface area contributed by atoms with Crippen molar-refractivity contribution in [2.45, 2.75) is 19.6 Å². The normalized spacial score (nSPS) is 12.6. The molecule has 6 heteroatoms. The number of aliphatic imine (C=N–C) groups is 1. The number of halogens is 1. The molecule has 0 saturated heterocycles. The number of nitrogens with one attached hydrogen (secondary N) is 2. The number of methoxy groups -OCH3 is 1. The van der Waals surface area contributed by atoms with Crippen LogP contribution in [0.3, 0.4) is 0 Å². The third kappa shape index (κ3) is 5.76. The number of nitrogens with zero attached hydrogens (tertiary/aromatic N) is 1. The lowest BCUT2D eigenvalue weighted by Crippen LogP contribution is -2.39. The lowest BCUT2D eigenvalue weighted by molar-refractivity contribution is 0.180. The van der Waals surface area contributed by atoms with E-state index in [-0.39, 0.29) is 12.4 Å². The van der Waals surface area contributed by atoms with Gasteiger partial charge in [-0.1, -0.05) is 30.3 Å². The molecule has 0 fully saturated rings. The van der Waals surface area contributed by atoms with E-state index in [4.69, 9.17) is 4.74 Å². The highest BCUT2D eigenvalue weighted by molar-refractivity contribution is 5.79. The Labute approximate surface area is 147 Å². The fourth-order valence-corrected chi connectivity index (χ4v) is 2.34. The number of hydrogen-bond donors (Lipinski definition) is 3. The summed E-state index contributed by atoms with van der Waals surface area (Å²) in [6, 6.07) is 13.5. The van der Waals surface area contributed by atoms with Gasteiger partial charge in [0, 0.05) is 18.7 Å². The van der Waals surface area contributed by atoms with E-state index >= 15 is 0 Å². The summed E-state index contributed by atoms with van der Waals surface area (Å²) in [6.07, 6.45) is -0.754. The molecular weight excluding hydrogens is 321 g/mol. The van der Waals surface area contributed by atoms with Crippen LogP contribution in [0, 0.1) is 5.82 Å². The van der Waals surface area contributed by atoms with Crippen LogP contribution in [0.15, 0.2) is 53.5 Å². The van der Waals surface area contributed by atoms with Crippen molar-refractivity contribution in [2.75, 3.05) is 20.2 Å². The molecule has 0 aliphatic heterocycles. The third-order valence-electron chi connectivity index (χ3n) is 3.66. The smallest absolute Gasteiger partial charge is 0.191 e. The number of para-hydroxylation sites is 1. The number of ether oxygens (including phenoxy) is 1. The summed E-state index contributed by atoms with van der Waals surface area (Å²) in [5.41, 5.74) is 1.62. The van der Waals surface area contributed by atoms with Gasteiger partial charge in [0.05, 0.1) is 19.8 Å². The molecule has 5 nitrogen and oxygen atoms in total. The van der Waals surface area contributed by atoms with E-state index in [0.717, 1.165) is 11.3 Å². The Balaban J connectivity index is 1.98. The maximum atomic E-state index is 13.0. The molecule has 0 saturated carbocycles. The van der Waals surface area contributed by atoms with Crippen molar-refractivity contribution in [3.05, 3.63) is 65.5 Å². The van der Waals surface area contributed by atoms with Crippen LogP contribution < -0.4 is 15.4 Å². The minimum absolute atomic E-state index is 0.267. The Morgan fingerprint density at radius 1 is 1.16 bits per heavy atom. The zero-order valence-electron chi connectivity index (χ0n) is 14.5. The van der Waals surface area contributed by atoms with Crippen LogP contribution >= 0.6 is 0 Å². The third-order valence-corrected chi connectivity index (χ3v) is 3.66. The van der Waals surface area contributed by atoms with Crippen molar-refractivity contribution < 1.29 is 14.2 Å². The van der Waals surface area contributed by atoms with E-state index in [1.807, 2.05) is 31.2 Å². The predicted molar refractivity (Wildman–Crippen MR) is 97.2 cm³/mol. The van der Waals surface area contributed by atoms with Gasteiger partial charge in [-0.05, 0) is 30.7 Å². The molecule has 0 spiro atoms. The van der Waals surface area contributed by atoms with E-state index in [9.17, 15) is 9.50 Å². The molecule has 25 heavy (non-hydrogen) atoms. The molecule has 2 aromatic carbocycles. The molecule has 1 unspecified atom stereocenters. The summed E-state index contributed by atoms with van der Waals surface area (Å²) in [7, 11) is 1.63. The number of aliphatic hydroxyl groups excluding tert-OH is 1.